The van der Waals surface area contributed by atoms with Gasteiger partial charge in [-0.25, -0.2) is 4.79 Å². The van der Waals surface area contributed by atoms with Crippen LogP contribution < -0.4 is 5.32 Å². The lowest BCUT2D eigenvalue weighted by atomic mass is 10.0. The molecule has 0 radical (unpaired) electrons. The number of carbonyl (C=O) groups excluding carboxylic acids is 2. The highest BCUT2D eigenvalue weighted by atomic mass is 19.4. The summed E-state index contributed by atoms with van der Waals surface area (Å²) in [6, 6.07) is -1.30. The zero-order chi connectivity index (χ0) is 15.9. The maximum absolute atomic E-state index is 12.2. The molecule has 7 heteroatoms. The molecule has 1 unspecified atom stereocenters. The molecule has 0 bridgehead atoms. The summed E-state index contributed by atoms with van der Waals surface area (Å²) in [4.78, 5) is 22.7. The average Bonchev–Trinajstić information content (AvgIpc) is 2.31. The van der Waals surface area contributed by atoms with Crippen LogP contribution in [0.4, 0.5) is 13.2 Å². The molecule has 4 nitrogen and oxygen atoms in total. The van der Waals surface area contributed by atoms with Crippen molar-refractivity contribution in [2.24, 2.45) is 5.92 Å². The Morgan fingerprint density at radius 3 is 2.15 bits per heavy atom. The highest BCUT2D eigenvalue weighted by Gasteiger charge is 2.41. The van der Waals surface area contributed by atoms with Crippen LogP contribution in [0.2, 0.25) is 0 Å². The van der Waals surface area contributed by atoms with Gasteiger partial charge in [-0.3, -0.25) is 4.79 Å². The number of alkyl halides is 3. The molecule has 0 aliphatic heterocycles. The van der Waals surface area contributed by atoms with Crippen LogP contribution in [-0.4, -0.2) is 30.2 Å². The SMILES string of the molecule is CCCCC(C)OC(=O)[C@@H](NC(=O)C(F)(F)F)C(C)C. The van der Waals surface area contributed by atoms with Gasteiger partial charge in [0.25, 0.3) is 0 Å². The van der Waals surface area contributed by atoms with Crippen molar-refractivity contribution < 1.29 is 27.5 Å². The predicted octanol–water partition coefficient (Wildman–Crippen LogP) is 2.81. The summed E-state index contributed by atoms with van der Waals surface area (Å²) in [6.07, 6.45) is -2.97. The van der Waals surface area contributed by atoms with Crippen molar-refractivity contribution in [1.82, 2.24) is 5.32 Å². The fraction of sp³-hybridized carbons (Fsp3) is 0.846. The molecule has 0 aromatic carbocycles. The van der Waals surface area contributed by atoms with Gasteiger partial charge in [0.1, 0.15) is 6.04 Å². The zero-order valence-electron chi connectivity index (χ0n) is 12.2. The third-order valence-corrected chi connectivity index (χ3v) is 2.75. The maximum Gasteiger partial charge on any atom is 0.471 e. The minimum atomic E-state index is -5.01. The second-order valence-corrected chi connectivity index (χ2v) is 5.08. The Kier molecular flexibility index (Phi) is 7.60. The lowest BCUT2D eigenvalue weighted by Gasteiger charge is -2.23. The van der Waals surface area contributed by atoms with Gasteiger partial charge >= 0.3 is 18.1 Å². The molecule has 2 atom stereocenters. The molecule has 0 heterocycles. The fourth-order valence-electron chi connectivity index (χ4n) is 1.54. The van der Waals surface area contributed by atoms with Gasteiger partial charge < -0.3 is 10.1 Å². The first kappa shape index (κ1) is 18.7. The van der Waals surface area contributed by atoms with Gasteiger partial charge in [-0.15, -0.1) is 0 Å². The Morgan fingerprint density at radius 1 is 1.20 bits per heavy atom. The van der Waals surface area contributed by atoms with Gasteiger partial charge in [-0.2, -0.15) is 13.2 Å². The van der Waals surface area contributed by atoms with Gasteiger partial charge in [0.05, 0.1) is 6.10 Å². The summed E-state index contributed by atoms with van der Waals surface area (Å²) in [5, 5.41) is 1.68. The molecule has 0 aromatic heterocycles. The Bertz CT molecular complexity index is 329. The summed E-state index contributed by atoms with van der Waals surface area (Å²) in [7, 11) is 0. The lowest BCUT2D eigenvalue weighted by molar-refractivity contribution is -0.177. The summed E-state index contributed by atoms with van der Waals surface area (Å²) < 4.78 is 41.7. The van der Waals surface area contributed by atoms with Crippen LogP contribution in [0, 0.1) is 5.92 Å². The van der Waals surface area contributed by atoms with Crippen LogP contribution >= 0.6 is 0 Å². The molecule has 1 N–H and O–H groups in total. The number of ether oxygens (including phenoxy) is 1. The molecule has 0 saturated heterocycles. The number of halogens is 3. The summed E-state index contributed by atoms with van der Waals surface area (Å²) in [6.45, 7) is 6.74. The first-order valence-electron chi connectivity index (χ1n) is 6.67. The van der Waals surface area contributed by atoms with Crippen molar-refractivity contribution in [3.05, 3.63) is 0 Å². The van der Waals surface area contributed by atoms with Crippen molar-refractivity contribution in [1.29, 1.82) is 0 Å². The molecule has 0 fully saturated rings. The second-order valence-electron chi connectivity index (χ2n) is 5.08. The number of rotatable bonds is 7. The molecule has 118 valence electrons. The molecule has 1 amide bonds. The highest BCUT2D eigenvalue weighted by Crippen LogP contribution is 2.16. The Hall–Kier alpha value is -1.27. The third kappa shape index (κ3) is 6.77. The van der Waals surface area contributed by atoms with E-state index in [0.29, 0.717) is 6.42 Å². The Balaban J connectivity index is 4.60. The van der Waals surface area contributed by atoms with Crippen molar-refractivity contribution in [3.63, 3.8) is 0 Å². The zero-order valence-corrected chi connectivity index (χ0v) is 12.2. The standard InChI is InChI=1S/C13H22F3NO3/c1-5-6-7-9(4)20-11(18)10(8(2)3)17-12(19)13(14,15)16/h8-10H,5-7H2,1-4H3,(H,17,19)/t9?,10-/m0/s1. The predicted molar refractivity (Wildman–Crippen MR) is 67.9 cm³/mol. The maximum atomic E-state index is 12.2. The van der Waals surface area contributed by atoms with Crippen LogP contribution in [-0.2, 0) is 14.3 Å². The third-order valence-electron chi connectivity index (χ3n) is 2.75. The lowest BCUT2D eigenvalue weighted by Crippen LogP contribution is -2.50. The second kappa shape index (κ2) is 8.11. The van der Waals surface area contributed by atoms with E-state index in [4.69, 9.17) is 4.74 Å². The number of hydrogen-bond donors (Lipinski definition) is 1. The first-order valence-corrected chi connectivity index (χ1v) is 6.67. The quantitative estimate of drug-likeness (QED) is 0.735. The summed E-state index contributed by atoms with van der Waals surface area (Å²) in [5.41, 5.74) is 0. The van der Waals surface area contributed by atoms with E-state index >= 15 is 0 Å². The molecule has 0 aromatic rings. The van der Waals surface area contributed by atoms with Crippen molar-refractivity contribution in [3.8, 4) is 0 Å². The minimum Gasteiger partial charge on any atom is -0.461 e. The van der Waals surface area contributed by atoms with E-state index < -0.39 is 30.0 Å². The van der Waals surface area contributed by atoms with Crippen molar-refractivity contribution >= 4 is 11.9 Å². The minimum absolute atomic E-state index is 0.383. The van der Waals surface area contributed by atoms with E-state index in [1.54, 1.807) is 26.1 Å². The van der Waals surface area contributed by atoms with E-state index in [2.05, 4.69) is 0 Å². The van der Waals surface area contributed by atoms with E-state index in [9.17, 15) is 22.8 Å². The topological polar surface area (TPSA) is 55.4 Å². The van der Waals surface area contributed by atoms with E-state index in [-0.39, 0.29) is 6.10 Å². The monoisotopic (exact) mass is 297 g/mol. The van der Waals surface area contributed by atoms with E-state index in [1.807, 2.05) is 6.92 Å². The molecule has 0 aliphatic rings. The van der Waals surface area contributed by atoms with Crippen LogP contribution in [0.15, 0.2) is 0 Å². The highest BCUT2D eigenvalue weighted by molar-refractivity contribution is 5.87. The average molecular weight is 297 g/mol. The fourth-order valence-corrected chi connectivity index (χ4v) is 1.54. The van der Waals surface area contributed by atoms with E-state index in [1.165, 1.54) is 0 Å². The number of carbonyl (C=O) groups is 2. The molecular formula is C13H22F3NO3. The molecule has 0 rings (SSSR count). The first-order chi connectivity index (χ1) is 9.09. The molecule has 0 aliphatic carbocycles. The largest absolute Gasteiger partial charge is 0.471 e. The van der Waals surface area contributed by atoms with Gasteiger partial charge in [0, 0.05) is 0 Å². The van der Waals surface area contributed by atoms with E-state index in [0.717, 1.165) is 12.8 Å². The number of nitrogens with one attached hydrogen (secondary N) is 1. The van der Waals surface area contributed by atoms with Crippen LogP contribution in [0.5, 0.6) is 0 Å². The van der Waals surface area contributed by atoms with Crippen molar-refractivity contribution in [2.75, 3.05) is 0 Å². The van der Waals surface area contributed by atoms with Crippen molar-refractivity contribution in [2.45, 2.75) is 65.3 Å². The number of unbranched alkanes of at least 4 members (excludes halogenated alkanes) is 1. The summed E-state index contributed by atoms with van der Waals surface area (Å²) >= 11 is 0. The smallest absolute Gasteiger partial charge is 0.461 e. The number of hydrogen-bond acceptors (Lipinski definition) is 3. The normalized spacial score (nSPS) is 14.8. The van der Waals surface area contributed by atoms with Gasteiger partial charge in [-0.1, -0.05) is 33.6 Å². The molecular weight excluding hydrogens is 275 g/mol. The van der Waals surface area contributed by atoms with Crippen LogP contribution in [0.3, 0.4) is 0 Å². The molecule has 20 heavy (non-hydrogen) atoms. The molecule has 0 spiro atoms. The summed E-state index contributed by atoms with van der Waals surface area (Å²) in [5.74, 6) is -3.46. The number of esters is 1. The van der Waals surface area contributed by atoms with Crippen LogP contribution in [0.25, 0.3) is 0 Å². The Labute approximate surface area is 117 Å². The van der Waals surface area contributed by atoms with Gasteiger partial charge in [0.15, 0.2) is 0 Å². The number of amides is 1. The van der Waals surface area contributed by atoms with Crippen LogP contribution in [0.1, 0.15) is 47.0 Å². The molecule has 0 saturated carbocycles. The van der Waals surface area contributed by atoms with Gasteiger partial charge in [-0.05, 0) is 19.3 Å². The Morgan fingerprint density at radius 2 is 1.75 bits per heavy atom. The van der Waals surface area contributed by atoms with Gasteiger partial charge in [0.2, 0.25) is 0 Å².